The Hall–Kier alpha value is -1.58. The molecule has 0 atom stereocenters. The van der Waals surface area contributed by atoms with Crippen LogP contribution in [0.25, 0.3) is 0 Å². The van der Waals surface area contributed by atoms with Crippen molar-refractivity contribution in [2.45, 2.75) is 18.8 Å². The minimum Gasteiger partial charge on any atom is -0.477 e. The molecule has 4 heteroatoms. The third-order valence-electron chi connectivity index (χ3n) is 2.11. The molecule has 0 unspecified atom stereocenters. The molecule has 0 spiro atoms. The Morgan fingerprint density at radius 2 is 2.15 bits per heavy atom. The smallest absolute Gasteiger partial charge is 0.352 e. The summed E-state index contributed by atoms with van der Waals surface area (Å²) in [6, 6.07) is 2.58. The molecule has 2 rings (SSSR count). The van der Waals surface area contributed by atoms with Crippen LogP contribution < -0.4 is 5.43 Å². The molecule has 0 saturated heterocycles. The standard InChI is InChI=1S/C9H9NO3/c11-6-3-7(5-1-2-5)10-8(4-6)9(12)13/h3-5H,1-2H2,(H,10,11)(H,12,13). The molecule has 0 aromatic carbocycles. The molecule has 1 heterocycles. The largest absolute Gasteiger partial charge is 0.477 e. The summed E-state index contributed by atoms with van der Waals surface area (Å²) >= 11 is 0. The number of pyridine rings is 1. The van der Waals surface area contributed by atoms with Crippen LogP contribution in [0.15, 0.2) is 16.9 Å². The lowest BCUT2D eigenvalue weighted by molar-refractivity contribution is 0.0690. The van der Waals surface area contributed by atoms with Gasteiger partial charge in [-0.2, -0.15) is 0 Å². The fourth-order valence-electron chi connectivity index (χ4n) is 1.29. The van der Waals surface area contributed by atoms with E-state index in [2.05, 4.69) is 4.98 Å². The van der Waals surface area contributed by atoms with Crippen molar-refractivity contribution in [1.82, 2.24) is 4.98 Å². The molecule has 2 N–H and O–H groups in total. The normalized spacial score (nSPS) is 15.7. The van der Waals surface area contributed by atoms with Crippen LogP contribution >= 0.6 is 0 Å². The van der Waals surface area contributed by atoms with Gasteiger partial charge in [0.05, 0.1) is 0 Å². The van der Waals surface area contributed by atoms with E-state index in [1.54, 1.807) is 0 Å². The van der Waals surface area contributed by atoms with Crippen LogP contribution in [0.3, 0.4) is 0 Å². The average Bonchev–Trinajstić information content (AvgIpc) is 2.85. The van der Waals surface area contributed by atoms with Crippen molar-refractivity contribution in [2.75, 3.05) is 0 Å². The molecule has 0 aliphatic heterocycles. The Morgan fingerprint density at radius 3 is 2.69 bits per heavy atom. The van der Waals surface area contributed by atoms with Gasteiger partial charge in [-0.25, -0.2) is 4.79 Å². The summed E-state index contributed by atoms with van der Waals surface area (Å²) in [6.45, 7) is 0. The number of H-pyrrole nitrogens is 1. The number of carboxylic acids is 1. The average molecular weight is 179 g/mol. The van der Waals surface area contributed by atoms with Crippen LogP contribution in [0.2, 0.25) is 0 Å². The second-order valence-corrected chi connectivity index (χ2v) is 3.26. The van der Waals surface area contributed by atoms with Gasteiger partial charge in [-0.1, -0.05) is 0 Å². The van der Waals surface area contributed by atoms with Crippen LogP contribution in [0.1, 0.15) is 34.9 Å². The predicted molar refractivity (Wildman–Crippen MR) is 46.0 cm³/mol. The molecule has 0 amide bonds. The highest BCUT2D eigenvalue weighted by Crippen LogP contribution is 2.38. The highest BCUT2D eigenvalue weighted by molar-refractivity contribution is 5.85. The maximum atomic E-state index is 11.1. The Balaban J connectivity index is 2.47. The van der Waals surface area contributed by atoms with E-state index in [0.717, 1.165) is 24.6 Å². The minimum atomic E-state index is -1.08. The summed E-state index contributed by atoms with van der Waals surface area (Å²) < 4.78 is 0. The monoisotopic (exact) mass is 179 g/mol. The van der Waals surface area contributed by atoms with E-state index in [4.69, 9.17) is 5.11 Å². The summed E-state index contributed by atoms with van der Waals surface area (Å²) in [5.74, 6) is -0.716. The van der Waals surface area contributed by atoms with Crippen LogP contribution in [-0.4, -0.2) is 16.1 Å². The van der Waals surface area contributed by atoms with Crippen molar-refractivity contribution in [3.63, 3.8) is 0 Å². The van der Waals surface area contributed by atoms with E-state index in [1.807, 2.05) is 0 Å². The molecule has 1 aromatic rings. The first-order valence-corrected chi connectivity index (χ1v) is 4.14. The number of hydrogen-bond acceptors (Lipinski definition) is 2. The van der Waals surface area contributed by atoms with Gasteiger partial charge in [0, 0.05) is 17.8 Å². The lowest BCUT2D eigenvalue weighted by atomic mass is 10.2. The van der Waals surface area contributed by atoms with Gasteiger partial charge in [-0.05, 0) is 18.8 Å². The number of hydrogen-bond donors (Lipinski definition) is 2. The Morgan fingerprint density at radius 1 is 1.46 bits per heavy atom. The number of aromatic carboxylic acids is 1. The van der Waals surface area contributed by atoms with E-state index in [0.29, 0.717) is 5.92 Å². The van der Waals surface area contributed by atoms with Crippen molar-refractivity contribution < 1.29 is 9.90 Å². The highest BCUT2D eigenvalue weighted by Gasteiger charge is 2.25. The third kappa shape index (κ3) is 1.61. The summed E-state index contributed by atoms with van der Waals surface area (Å²) in [5, 5.41) is 8.67. The topological polar surface area (TPSA) is 70.2 Å². The van der Waals surface area contributed by atoms with Crippen LogP contribution in [0.5, 0.6) is 0 Å². The predicted octanol–water partition coefficient (Wildman–Crippen LogP) is 0.950. The second-order valence-electron chi connectivity index (χ2n) is 3.26. The Labute approximate surface area is 74.2 Å². The number of aromatic nitrogens is 1. The summed E-state index contributed by atoms with van der Waals surface area (Å²) in [4.78, 5) is 24.4. The second kappa shape index (κ2) is 2.73. The SMILES string of the molecule is O=C(O)c1cc(=O)cc(C2CC2)[nH]1. The summed E-state index contributed by atoms with van der Waals surface area (Å²) in [6.07, 6.45) is 2.08. The molecule has 1 aliphatic carbocycles. The van der Waals surface area contributed by atoms with Crippen molar-refractivity contribution in [2.24, 2.45) is 0 Å². The van der Waals surface area contributed by atoms with Crippen LogP contribution in [-0.2, 0) is 0 Å². The molecule has 1 fully saturated rings. The maximum Gasteiger partial charge on any atom is 0.352 e. The number of rotatable bonds is 2. The van der Waals surface area contributed by atoms with E-state index < -0.39 is 5.97 Å². The maximum absolute atomic E-state index is 11.1. The third-order valence-corrected chi connectivity index (χ3v) is 2.11. The van der Waals surface area contributed by atoms with Gasteiger partial charge in [0.15, 0.2) is 5.43 Å². The van der Waals surface area contributed by atoms with Crippen molar-refractivity contribution >= 4 is 5.97 Å². The molecule has 1 aromatic heterocycles. The van der Waals surface area contributed by atoms with Gasteiger partial charge in [0.25, 0.3) is 0 Å². The Kier molecular flexibility index (Phi) is 1.69. The summed E-state index contributed by atoms with van der Waals surface area (Å²) in [5.41, 5.74) is 0.498. The number of carboxylic acid groups (broad SMARTS) is 1. The molecule has 0 bridgehead atoms. The van der Waals surface area contributed by atoms with Crippen molar-refractivity contribution in [3.05, 3.63) is 33.7 Å². The minimum absolute atomic E-state index is 0.0191. The molecule has 68 valence electrons. The molecular formula is C9H9NO3. The zero-order chi connectivity index (χ0) is 9.42. The van der Waals surface area contributed by atoms with Gasteiger partial charge < -0.3 is 10.1 Å². The quantitative estimate of drug-likeness (QED) is 0.710. The molecule has 1 aliphatic rings. The first-order chi connectivity index (χ1) is 6.16. The molecule has 0 radical (unpaired) electrons. The van der Waals surface area contributed by atoms with Crippen LogP contribution in [0.4, 0.5) is 0 Å². The number of aromatic amines is 1. The molecular weight excluding hydrogens is 170 g/mol. The zero-order valence-electron chi connectivity index (χ0n) is 6.91. The van der Waals surface area contributed by atoms with Gasteiger partial charge in [-0.3, -0.25) is 4.79 Å². The fraction of sp³-hybridized carbons (Fsp3) is 0.333. The molecule has 13 heavy (non-hydrogen) atoms. The lowest BCUT2D eigenvalue weighted by Gasteiger charge is -1.99. The van der Waals surface area contributed by atoms with Crippen LogP contribution in [0, 0.1) is 0 Å². The fourth-order valence-corrected chi connectivity index (χ4v) is 1.29. The van der Waals surface area contributed by atoms with E-state index in [9.17, 15) is 9.59 Å². The van der Waals surface area contributed by atoms with Gasteiger partial charge in [0.2, 0.25) is 0 Å². The Bertz CT molecular complexity index is 404. The number of carbonyl (C=O) groups is 1. The van der Waals surface area contributed by atoms with E-state index >= 15 is 0 Å². The zero-order valence-corrected chi connectivity index (χ0v) is 6.91. The number of nitrogens with one attached hydrogen (secondary N) is 1. The van der Waals surface area contributed by atoms with Gasteiger partial charge in [-0.15, -0.1) is 0 Å². The van der Waals surface area contributed by atoms with E-state index in [1.165, 1.54) is 6.07 Å². The van der Waals surface area contributed by atoms with Gasteiger partial charge >= 0.3 is 5.97 Å². The van der Waals surface area contributed by atoms with Crippen molar-refractivity contribution in [3.8, 4) is 0 Å². The lowest BCUT2D eigenvalue weighted by Crippen LogP contribution is -2.10. The molecule has 4 nitrogen and oxygen atoms in total. The first-order valence-electron chi connectivity index (χ1n) is 4.14. The molecule has 1 saturated carbocycles. The summed E-state index contributed by atoms with van der Waals surface area (Å²) in [7, 11) is 0. The van der Waals surface area contributed by atoms with Gasteiger partial charge in [0.1, 0.15) is 5.69 Å². The van der Waals surface area contributed by atoms with E-state index in [-0.39, 0.29) is 11.1 Å². The van der Waals surface area contributed by atoms with Crippen molar-refractivity contribution in [1.29, 1.82) is 0 Å². The first kappa shape index (κ1) is 8.04. The highest BCUT2D eigenvalue weighted by atomic mass is 16.4.